The van der Waals surface area contributed by atoms with Gasteiger partial charge in [-0.05, 0) is 35.1 Å². The third kappa shape index (κ3) is 4.63. The molecule has 0 radical (unpaired) electrons. The summed E-state index contributed by atoms with van der Waals surface area (Å²) in [5.74, 6) is -0.415. The molecule has 138 valence electrons. The maximum Gasteiger partial charge on any atom is 0.358 e. The second-order valence-electron chi connectivity index (χ2n) is 6.64. The molecule has 0 fully saturated rings. The van der Waals surface area contributed by atoms with Gasteiger partial charge in [0, 0.05) is 5.56 Å². The number of nitrogens with zero attached hydrogens (tertiary/aromatic N) is 1. The fraction of sp³-hybridized carbons (Fsp3) is 0.333. The minimum absolute atomic E-state index is 0.123. The Morgan fingerprint density at radius 3 is 2.35 bits per heavy atom. The Balaban J connectivity index is 2.18. The summed E-state index contributed by atoms with van der Waals surface area (Å²) in [7, 11) is 1.32. The maximum absolute atomic E-state index is 11.4. The summed E-state index contributed by atoms with van der Waals surface area (Å²) < 4.78 is 5.85. The number of carbonyl (C=O) groups is 1. The van der Waals surface area contributed by atoms with Crippen molar-refractivity contribution in [3.8, 4) is 5.75 Å². The zero-order valence-electron chi connectivity index (χ0n) is 15.7. The van der Waals surface area contributed by atoms with E-state index in [1.807, 2.05) is 24.3 Å². The first-order valence-corrected chi connectivity index (χ1v) is 8.55. The zero-order chi connectivity index (χ0) is 19.2. The van der Waals surface area contributed by atoms with Crippen molar-refractivity contribution in [2.24, 2.45) is 5.16 Å². The van der Waals surface area contributed by atoms with Crippen molar-refractivity contribution in [2.75, 3.05) is 7.11 Å². The molecule has 0 unspecified atom stereocenters. The van der Waals surface area contributed by atoms with Gasteiger partial charge in [0.05, 0.1) is 0 Å². The number of carboxylic acids is 1. The van der Waals surface area contributed by atoms with E-state index in [1.165, 1.54) is 12.7 Å². The van der Waals surface area contributed by atoms with Crippen LogP contribution in [-0.2, 0) is 21.7 Å². The molecule has 0 spiro atoms. The fourth-order valence-corrected chi connectivity index (χ4v) is 2.54. The van der Waals surface area contributed by atoms with Crippen molar-refractivity contribution in [3.05, 3.63) is 65.2 Å². The number of benzene rings is 2. The number of aliphatic carboxylic acids is 1. The normalized spacial score (nSPS) is 11.9. The quantitative estimate of drug-likeness (QED) is 0.563. The van der Waals surface area contributed by atoms with Crippen molar-refractivity contribution in [3.63, 3.8) is 0 Å². The Kier molecular flexibility index (Phi) is 6.39. The molecular weight excluding hydrogens is 330 g/mol. The van der Waals surface area contributed by atoms with E-state index < -0.39 is 5.97 Å². The van der Waals surface area contributed by atoms with Gasteiger partial charge in [-0.3, -0.25) is 0 Å². The number of carboxylic acid groups (broad SMARTS) is 1. The molecule has 0 aliphatic carbocycles. The Morgan fingerprint density at radius 1 is 1.12 bits per heavy atom. The molecular formula is C21H25NO4. The summed E-state index contributed by atoms with van der Waals surface area (Å²) in [5, 5.41) is 13.0. The molecule has 0 aliphatic rings. The highest BCUT2D eigenvalue weighted by Crippen LogP contribution is 2.28. The van der Waals surface area contributed by atoms with Crippen LogP contribution in [-0.4, -0.2) is 23.9 Å². The monoisotopic (exact) mass is 355 g/mol. The topological polar surface area (TPSA) is 68.1 Å². The first-order chi connectivity index (χ1) is 12.4. The van der Waals surface area contributed by atoms with Gasteiger partial charge in [0.25, 0.3) is 0 Å². The van der Waals surface area contributed by atoms with Crippen LogP contribution >= 0.6 is 0 Å². The van der Waals surface area contributed by atoms with Crippen LogP contribution in [0.2, 0.25) is 0 Å². The van der Waals surface area contributed by atoms with Gasteiger partial charge in [-0.1, -0.05) is 62.3 Å². The molecule has 0 saturated heterocycles. The molecule has 5 heteroatoms. The van der Waals surface area contributed by atoms with E-state index in [2.05, 4.69) is 42.9 Å². The molecule has 2 rings (SSSR count). The van der Waals surface area contributed by atoms with Gasteiger partial charge in [-0.15, -0.1) is 0 Å². The highest BCUT2D eigenvalue weighted by Gasteiger charge is 2.19. The average molecular weight is 355 g/mol. The molecule has 2 aromatic carbocycles. The number of hydrogen-bond donors (Lipinski definition) is 1. The molecule has 0 heterocycles. The van der Waals surface area contributed by atoms with Gasteiger partial charge in [0.15, 0.2) is 5.71 Å². The Bertz CT molecular complexity index is 779. The van der Waals surface area contributed by atoms with Gasteiger partial charge >= 0.3 is 5.97 Å². The van der Waals surface area contributed by atoms with Crippen molar-refractivity contribution in [1.29, 1.82) is 0 Å². The van der Waals surface area contributed by atoms with Crippen LogP contribution in [0.5, 0.6) is 5.75 Å². The lowest BCUT2D eigenvalue weighted by Crippen LogP contribution is -2.17. The van der Waals surface area contributed by atoms with Crippen LogP contribution in [0, 0.1) is 0 Å². The van der Waals surface area contributed by atoms with Crippen LogP contribution in [0.3, 0.4) is 0 Å². The van der Waals surface area contributed by atoms with Crippen molar-refractivity contribution < 1.29 is 19.5 Å². The van der Waals surface area contributed by atoms with Crippen LogP contribution in [0.15, 0.2) is 53.7 Å². The first-order valence-electron chi connectivity index (χ1n) is 8.55. The number of hydrogen-bond acceptors (Lipinski definition) is 4. The summed E-state index contributed by atoms with van der Waals surface area (Å²) in [6.07, 6.45) is 1.05. The standard InChI is InChI=1S/C21H25NO4/c1-5-21(2,3)16-10-12-17(13-11-16)26-14-15-8-6-7-9-18(15)19(20(23)24)22-25-4/h6-13H,5,14H2,1-4H3,(H,23,24)/b22-19+. The zero-order valence-corrected chi connectivity index (χ0v) is 15.7. The molecule has 0 atom stereocenters. The number of rotatable bonds is 8. The summed E-state index contributed by atoms with van der Waals surface area (Å²) in [6, 6.07) is 15.1. The lowest BCUT2D eigenvalue weighted by molar-refractivity contribution is -0.129. The Labute approximate surface area is 154 Å². The molecule has 0 saturated carbocycles. The lowest BCUT2D eigenvalue weighted by Gasteiger charge is -2.23. The smallest absolute Gasteiger partial charge is 0.358 e. The van der Waals surface area contributed by atoms with E-state index in [1.54, 1.807) is 12.1 Å². The summed E-state index contributed by atoms with van der Waals surface area (Å²) in [6.45, 7) is 6.83. The number of ether oxygens (including phenoxy) is 1. The minimum Gasteiger partial charge on any atom is -0.489 e. The largest absolute Gasteiger partial charge is 0.489 e. The van der Waals surface area contributed by atoms with E-state index in [4.69, 9.17) is 4.74 Å². The van der Waals surface area contributed by atoms with Crippen molar-refractivity contribution in [2.45, 2.75) is 39.2 Å². The first kappa shape index (κ1) is 19.5. The molecule has 0 amide bonds. The van der Waals surface area contributed by atoms with Gasteiger partial charge in [-0.25, -0.2) is 4.79 Å². The maximum atomic E-state index is 11.4. The molecule has 0 aliphatic heterocycles. The number of oxime groups is 1. The van der Waals surface area contributed by atoms with E-state index in [0.717, 1.165) is 17.7 Å². The lowest BCUT2D eigenvalue weighted by atomic mass is 9.82. The third-order valence-electron chi connectivity index (χ3n) is 4.57. The fourth-order valence-electron chi connectivity index (χ4n) is 2.54. The van der Waals surface area contributed by atoms with Crippen LogP contribution in [0.25, 0.3) is 0 Å². The minimum atomic E-state index is -1.15. The van der Waals surface area contributed by atoms with Crippen LogP contribution in [0.4, 0.5) is 0 Å². The summed E-state index contributed by atoms with van der Waals surface area (Å²) >= 11 is 0. The van der Waals surface area contributed by atoms with Crippen molar-refractivity contribution in [1.82, 2.24) is 0 Å². The average Bonchev–Trinajstić information content (AvgIpc) is 2.65. The van der Waals surface area contributed by atoms with E-state index in [9.17, 15) is 9.90 Å². The van der Waals surface area contributed by atoms with E-state index in [0.29, 0.717) is 5.56 Å². The second kappa shape index (κ2) is 8.52. The highest BCUT2D eigenvalue weighted by molar-refractivity contribution is 6.42. The van der Waals surface area contributed by atoms with Crippen LogP contribution < -0.4 is 4.74 Å². The second-order valence-corrected chi connectivity index (χ2v) is 6.64. The Hall–Kier alpha value is -2.82. The van der Waals surface area contributed by atoms with Gasteiger partial charge in [-0.2, -0.15) is 0 Å². The molecule has 1 N–H and O–H groups in total. The van der Waals surface area contributed by atoms with E-state index >= 15 is 0 Å². The van der Waals surface area contributed by atoms with Gasteiger partial charge < -0.3 is 14.7 Å². The molecule has 26 heavy (non-hydrogen) atoms. The summed E-state index contributed by atoms with van der Waals surface area (Å²) in [4.78, 5) is 16.1. The summed E-state index contributed by atoms with van der Waals surface area (Å²) in [5.41, 5.74) is 2.44. The Morgan fingerprint density at radius 2 is 1.77 bits per heavy atom. The molecule has 0 bridgehead atoms. The molecule has 2 aromatic rings. The molecule has 0 aromatic heterocycles. The SMILES string of the molecule is CCC(C)(C)c1ccc(OCc2ccccc2/C(=N\OC)C(=O)O)cc1. The van der Waals surface area contributed by atoms with Gasteiger partial charge in [0.1, 0.15) is 19.5 Å². The van der Waals surface area contributed by atoms with Crippen LogP contribution in [0.1, 0.15) is 43.9 Å². The molecule has 5 nitrogen and oxygen atoms in total. The highest BCUT2D eigenvalue weighted by atomic mass is 16.6. The third-order valence-corrected chi connectivity index (χ3v) is 4.57. The predicted octanol–water partition coefficient (Wildman–Crippen LogP) is 4.39. The predicted molar refractivity (Wildman–Crippen MR) is 102 cm³/mol. The van der Waals surface area contributed by atoms with Crippen molar-refractivity contribution >= 4 is 11.7 Å². The van der Waals surface area contributed by atoms with E-state index in [-0.39, 0.29) is 17.7 Å². The van der Waals surface area contributed by atoms with Gasteiger partial charge in [0.2, 0.25) is 0 Å².